The van der Waals surface area contributed by atoms with Crippen LogP contribution in [-0.4, -0.2) is 32.1 Å². The lowest BCUT2D eigenvalue weighted by atomic mass is 10.1. The van der Waals surface area contributed by atoms with E-state index in [0.29, 0.717) is 35.0 Å². The van der Waals surface area contributed by atoms with Crippen LogP contribution in [0.2, 0.25) is 0 Å². The van der Waals surface area contributed by atoms with Crippen molar-refractivity contribution < 1.29 is 28.5 Å². The number of Topliss-reactive ketones (excluding diaryl/α,β-unsaturated/α-hetero) is 1. The van der Waals surface area contributed by atoms with Crippen LogP contribution in [0, 0.1) is 0 Å². The molecule has 134 valence electrons. The SMILES string of the molecule is CCOc1ccc2c(c1)O/C(=C\c1ccccc1OCC(=O)OC)C2=O. The van der Waals surface area contributed by atoms with Crippen LogP contribution in [-0.2, 0) is 9.53 Å². The number of hydrogen-bond acceptors (Lipinski definition) is 6. The van der Waals surface area contributed by atoms with Gasteiger partial charge in [0, 0.05) is 11.6 Å². The molecule has 2 aromatic rings. The van der Waals surface area contributed by atoms with Crippen molar-refractivity contribution in [2.75, 3.05) is 20.3 Å². The van der Waals surface area contributed by atoms with Gasteiger partial charge in [-0.05, 0) is 31.2 Å². The van der Waals surface area contributed by atoms with Crippen molar-refractivity contribution in [3.05, 3.63) is 59.4 Å². The number of para-hydroxylation sites is 1. The average molecular weight is 354 g/mol. The van der Waals surface area contributed by atoms with Crippen molar-refractivity contribution in [3.8, 4) is 17.2 Å². The Hall–Kier alpha value is -3.28. The Bertz CT molecular complexity index is 868. The predicted octanol–water partition coefficient (Wildman–Crippen LogP) is 3.25. The molecule has 0 radical (unpaired) electrons. The molecule has 1 aliphatic heterocycles. The normalized spacial score (nSPS) is 13.9. The second-order valence-electron chi connectivity index (χ2n) is 5.43. The molecule has 26 heavy (non-hydrogen) atoms. The fraction of sp³-hybridized carbons (Fsp3) is 0.200. The number of rotatable bonds is 6. The number of allylic oxidation sites excluding steroid dienone is 1. The largest absolute Gasteiger partial charge is 0.494 e. The van der Waals surface area contributed by atoms with Crippen molar-refractivity contribution in [2.45, 2.75) is 6.92 Å². The smallest absolute Gasteiger partial charge is 0.343 e. The van der Waals surface area contributed by atoms with E-state index in [1.807, 2.05) is 6.92 Å². The Balaban J connectivity index is 1.85. The molecule has 0 unspecified atom stereocenters. The third-order valence-electron chi connectivity index (χ3n) is 3.73. The molecule has 0 N–H and O–H groups in total. The molecule has 0 aliphatic carbocycles. The quantitative estimate of drug-likeness (QED) is 0.586. The molecule has 3 rings (SSSR count). The molecule has 0 saturated heterocycles. The van der Waals surface area contributed by atoms with Crippen LogP contribution in [0.3, 0.4) is 0 Å². The third kappa shape index (κ3) is 3.69. The molecule has 0 spiro atoms. The van der Waals surface area contributed by atoms with Crippen LogP contribution in [0.4, 0.5) is 0 Å². The molecule has 2 aromatic carbocycles. The van der Waals surface area contributed by atoms with Crippen LogP contribution in [0.15, 0.2) is 48.2 Å². The van der Waals surface area contributed by atoms with E-state index >= 15 is 0 Å². The molecule has 6 nitrogen and oxygen atoms in total. The topological polar surface area (TPSA) is 71.1 Å². The lowest BCUT2D eigenvalue weighted by Crippen LogP contribution is -2.13. The predicted molar refractivity (Wildman–Crippen MR) is 94.5 cm³/mol. The molecule has 1 aliphatic rings. The highest BCUT2D eigenvalue weighted by atomic mass is 16.6. The van der Waals surface area contributed by atoms with Crippen LogP contribution in [0.25, 0.3) is 6.08 Å². The third-order valence-corrected chi connectivity index (χ3v) is 3.73. The number of hydrogen-bond donors (Lipinski definition) is 0. The van der Waals surface area contributed by atoms with Crippen LogP contribution < -0.4 is 14.2 Å². The van der Waals surface area contributed by atoms with Gasteiger partial charge >= 0.3 is 5.97 Å². The highest BCUT2D eigenvalue weighted by Gasteiger charge is 2.28. The van der Waals surface area contributed by atoms with E-state index in [0.717, 1.165) is 0 Å². The molecular formula is C20H18O6. The van der Waals surface area contributed by atoms with Crippen LogP contribution >= 0.6 is 0 Å². The van der Waals surface area contributed by atoms with E-state index in [1.54, 1.807) is 48.5 Å². The first-order chi connectivity index (χ1) is 12.6. The van der Waals surface area contributed by atoms with Gasteiger partial charge in [-0.15, -0.1) is 0 Å². The molecule has 0 fully saturated rings. The van der Waals surface area contributed by atoms with E-state index in [4.69, 9.17) is 14.2 Å². The highest BCUT2D eigenvalue weighted by Crippen LogP contribution is 2.35. The standard InChI is InChI=1S/C20H18O6/c1-3-24-14-8-9-15-17(11-14)26-18(20(15)22)10-13-6-4-5-7-16(13)25-12-19(21)23-2/h4-11H,3,12H2,1-2H3/b18-10-. The van der Waals surface area contributed by atoms with Crippen molar-refractivity contribution in [2.24, 2.45) is 0 Å². The van der Waals surface area contributed by atoms with Gasteiger partial charge in [-0.1, -0.05) is 18.2 Å². The van der Waals surface area contributed by atoms with Gasteiger partial charge in [0.25, 0.3) is 0 Å². The van der Waals surface area contributed by atoms with Gasteiger partial charge in [0.2, 0.25) is 5.78 Å². The Morgan fingerprint density at radius 2 is 1.96 bits per heavy atom. The fourth-order valence-electron chi connectivity index (χ4n) is 2.49. The zero-order valence-corrected chi connectivity index (χ0v) is 14.5. The number of carbonyl (C=O) groups is 2. The molecule has 0 aromatic heterocycles. The van der Waals surface area contributed by atoms with Gasteiger partial charge in [0.05, 0.1) is 19.3 Å². The summed E-state index contributed by atoms with van der Waals surface area (Å²) in [7, 11) is 1.29. The Labute approximate surface area is 150 Å². The summed E-state index contributed by atoms with van der Waals surface area (Å²) in [6.45, 7) is 2.19. The molecule has 0 bridgehead atoms. The van der Waals surface area contributed by atoms with Gasteiger partial charge in [0.1, 0.15) is 17.2 Å². The number of esters is 1. The first kappa shape index (κ1) is 17.5. The van der Waals surface area contributed by atoms with Crippen LogP contribution in [0.5, 0.6) is 17.2 Å². The van der Waals surface area contributed by atoms with Crippen molar-refractivity contribution in [1.29, 1.82) is 0 Å². The van der Waals surface area contributed by atoms with Crippen LogP contribution in [0.1, 0.15) is 22.8 Å². The van der Waals surface area contributed by atoms with Gasteiger partial charge < -0.3 is 18.9 Å². The van der Waals surface area contributed by atoms with Gasteiger partial charge in [-0.2, -0.15) is 0 Å². The number of methoxy groups -OCH3 is 1. The Morgan fingerprint density at radius 3 is 2.73 bits per heavy atom. The zero-order valence-electron chi connectivity index (χ0n) is 14.5. The summed E-state index contributed by atoms with van der Waals surface area (Å²) < 4.78 is 21.1. The minimum atomic E-state index is -0.489. The van der Waals surface area contributed by atoms with E-state index in [-0.39, 0.29) is 18.1 Å². The minimum absolute atomic E-state index is 0.183. The summed E-state index contributed by atoms with van der Waals surface area (Å²) in [6.07, 6.45) is 1.59. The van der Waals surface area contributed by atoms with E-state index in [1.165, 1.54) is 7.11 Å². The molecule has 0 atom stereocenters. The van der Waals surface area contributed by atoms with Crippen molar-refractivity contribution in [3.63, 3.8) is 0 Å². The number of carbonyl (C=O) groups excluding carboxylic acids is 2. The van der Waals surface area contributed by atoms with E-state index < -0.39 is 5.97 Å². The number of ether oxygens (including phenoxy) is 4. The maximum absolute atomic E-state index is 12.5. The minimum Gasteiger partial charge on any atom is -0.494 e. The van der Waals surface area contributed by atoms with E-state index in [2.05, 4.69) is 4.74 Å². The van der Waals surface area contributed by atoms with Gasteiger partial charge in [-0.3, -0.25) is 4.79 Å². The first-order valence-corrected chi connectivity index (χ1v) is 8.12. The molecule has 6 heteroatoms. The Kier molecular flexibility index (Phi) is 5.22. The van der Waals surface area contributed by atoms with Crippen molar-refractivity contribution >= 4 is 17.8 Å². The fourth-order valence-corrected chi connectivity index (χ4v) is 2.49. The summed E-state index contributed by atoms with van der Waals surface area (Å²) in [6, 6.07) is 12.2. The number of fused-ring (bicyclic) bond motifs is 1. The average Bonchev–Trinajstić information content (AvgIpc) is 2.96. The van der Waals surface area contributed by atoms with E-state index in [9.17, 15) is 9.59 Å². The monoisotopic (exact) mass is 354 g/mol. The second kappa shape index (κ2) is 7.74. The highest BCUT2D eigenvalue weighted by molar-refractivity contribution is 6.14. The molecular weight excluding hydrogens is 336 g/mol. The lowest BCUT2D eigenvalue weighted by Gasteiger charge is -2.08. The maximum atomic E-state index is 12.5. The lowest BCUT2D eigenvalue weighted by molar-refractivity contribution is -0.142. The summed E-state index contributed by atoms with van der Waals surface area (Å²) >= 11 is 0. The summed E-state index contributed by atoms with van der Waals surface area (Å²) in [5.74, 6) is 1.03. The second-order valence-corrected chi connectivity index (χ2v) is 5.43. The van der Waals surface area contributed by atoms with Gasteiger partial charge in [0.15, 0.2) is 12.4 Å². The molecule has 1 heterocycles. The number of benzene rings is 2. The molecule has 0 amide bonds. The van der Waals surface area contributed by atoms with Crippen molar-refractivity contribution in [1.82, 2.24) is 0 Å². The number of ketones is 1. The maximum Gasteiger partial charge on any atom is 0.343 e. The zero-order chi connectivity index (χ0) is 18.5. The summed E-state index contributed by atoms with van der Waals surface area (Å²) in [5, 5.41) is 0. The van der Waals surface area contributed by atoms with Gasteiger partial charge in [-0.25, -0.2) is 4.79 Å². The first-order valence-electron chi connectivity index (χ1n) is 8.12. The Morgan fingerprint density at radius 1 is 1.15 bits per heavy atom. The summed E-state index contributed by atoms with van der Waals surface area (Å²) in [5.41, 5.74) is 1.10. The molecule has 0 saturated carbocycles. The summed E-state index contributed by atoms with van der Waals surface area (Å²) in [4.78, 5) is 23.8.